The molecule has 3 aromatic rings. The number of thiocarbonyl (C=S) groups is 1. The lowest BCUT2D eigenvalue weighted by Gasteiger charge is -2.13. The van der Waals surface area contributed by atoms with Gasteiger partial charge >= 0.3 is 0 Å². The number of benzene rings is 2. The van der Waals surface area contributed by atoms with Crippen molar-refractivity contribution in [2.24, 2.45) is 0 Å². The van der Waals surface area contributed by atoms with Crippen LogP contribution in [0.1, 0.15) is 51.0 Å². The van der Waals surface area contributed by atoms with Gasteiger partial charge in [0, 0.05) is 23.9 Å². The van der Waals surface area contributed by atoms with E-state index in [2.05, 4.69) is 13.5 Å². The fraction of sp³-hybridized carbons (Fsp3) is 0.300. The van der Waals surface area contributed by atoms with Crippen molar-refractivity contribution in [2.45, 2.75) is 45.4 Å². The van der Waals surface area contributed by atoms with Crippen molar-refractivity contribution < 1.29 is 9.53 Å². The van der Waals surface area contributed by atoms with E-state index >= 15 is 0 Å². The molecule has 1 amide bonds. The van der Waals surface area contributed by atoms with E-state index in [0.29, 0.717) is 22.4 Å². The van der Waals surface area contributed by atoms with Crippen LogP contribution >= 0.6 is 24.0 Å². The number of aromatic nitrogens is 2. The smallest absolute Gasteiger partial charge is 0.266 e. The van der Waals surface area contributed by atoms with Gasteiger partial charge in [0.15, 0.2) is 0 Å². The average molecular weight is 532 g/mol. The first-order valence-electron chi connectivity index (χ1n) is 12.8. The van der Waals surface area contributed by atoms with E-state index in [4.69, 9.17) is 22.1 Å². The van der Waals surface area contributed by atoms with Gasteiger partial charge in [0.25, 0.3) is 5.91 Å². The van der Waals surface area contributed by atoms with Gasteiger partial charge in [0.2, 0.25) is 0 Å². The molecule has 1 saturated heterocycles. The number of carbonyl (C=O) groups is 1. The number of rotatable bonds is 13. The molecule has 2 aromatic carbocycles. The molecule has 0 unspecified atom stereocenters. The molecule has 0 atom stereocenters. The van der Waals surface area contributed by atoms with Crippen LogP contribution in [0.2, 0.25) is 0 Å². The minimum Gasteiger partial charge on any atom is -0.490 e. The van der Waals surface area contributed by atoms with Gasteiger partial charge in [-0.3, -0.25) is 9.69 Å². The van der Waals surface area contributed by atoms with Crippen molar-refractivity contribution in [2.75, 3.05) is 13.2 Å². The Kier molecular flexibility index (Phi) is 9.74. The van der Waals surface area contributed by atoms with Crippen molar-refractivity contribution in [3.8, 4) is 22.7 Å². The largest absolute Gasteiger partial charge is 0.490 e. The highest BCUT2D eigenvalue weighted by molar-refractivity contribution is 8.26. The van der Waals surface area contributed by atoms with E-state index in [1.54, 1.807) is 11.0 Å². The number of hydrogen-bond acceptors (Lipinski definition) is 5. The number of ether oxygens (including phenoxy) is 1. The molecule has 2 heterocycles. The minimum absolute atomic E-state index is 0.0184. The Morgan fingerprint density at radius 3 is 2.49 bits per heavy atom. The van der Waals surface area contributed by atoms with Crippen LogP contribution < -0.4 is 4.74 Å². The number of nitrogens with zero attached hydrogens (tertiary/aromatic N) is 3. The van der Waals surface area contributed by atoms with Crippen LogP contribution in [0.5, 0.6) is 5.75 Å². The molecule has 7 heteroatoms. The second-order valence-corrected chi connectivity index (χ2v) is 10.6. The van der Waals surface area contributed by atoms with Gasteiger partial charge in [0.1, 0.15) is 16.7 Å². The van der Waals surface area contributed by atoms with Crippen molar-refractivity contribution >= 4 is 40.3 Å². The third-order valence-electron chi connectivity index (χ3n) is 6.15. The van der Waals surface area contributed by atoms with Gasteiger partial charge < -0.3 is 4.74 Å². The zero-order chi connectivity index (χ0) is 26.0. The predicted octanol–water partition coefficient (Wildman–Crippen LogP) is 7.67. The summed E-state index contributed by atoms with van der Waals surface area (Å²) in [5, 5.41) is 4.88. The number of amides is 1. The summed E-state index contributed by atoms with van der Waals surface area (Å²) in [5.74, 6) is 0.749. The first-order chi connectivity index (χ1) is 18.1. The standard InChI is InChI=1S/C30H33N3O2S2/c1-3-5-6-7-8-12-19-32-29(34)27(37-30(32)36)21-24-22-33(25-13-10-9-11-14-25)31-28(24)23-15-17-26(18-16-23)35-20-4-2/h4,9-11,13-18,21-22H,2-3,5-8,12,19-20H2,1H3/b27-21-. The maximum Gasteiger partial charge on any atom is 0.266 e. The number of carbonyl (C=O) groups excluding carboxylic acids is 1. The second kappa shape index (κ2) is 13.4. The van der Waals surface area contributed by atoms with Gasteiger partial charge in [-0.1, -0.05) is 93.9 Å². The number of unbranched alkanes of at least 4 members (excludes halogenated alkanes) is 5. The molecule has 0 saturated carbocycles. The SMILES string of the molecule is C=CCOc1ccc(-c2nn(-c3ccccc3)cc2/C=C2\SC(=S)N(CCCCCCCC)C2=O)cc1. The topological polar surface area (TPSA) is 47.4 Å². The molecule has 0 spiro atoms. The van der Waals surface area contributed by atoms with Crippen LogP contribution in [-0.4, -0.2) is 38.1 Å². The highest BCUT2D eigenvalue weighted by atomic mass is 32.2. The van der Waals surface area contributed by atoms with E-state index in [9.17, 15) is 4.79 Å². The Bertz CT molecular complexity index is 1250. The molecule has 37 heavy (non-hydrogen) atoms. The molecule has 0 radical (unpaired) electrons. The first kappa shape index (κ1) is 26.9. The molecule has 1 aliphatic heterocycles. The molecule has 0 bridgehead atoms. The quantitative estimate of drug-likeness (QED) is 0.0980. The Balaban J connectivity index is 1.57. The van der Waals surface area contributed by atoms with Crippen LogP contribution in [0.3, 0.4) is 0 Å². The average Bonchev–Trinajstić information content (AvgIpc) is 3.46. The van der Waals surface area contributed by atoms with E-state index in [0.717, 1.165) is 41.1 Å². The lowest BCUT2D eigenvalue weighted by Crippen LogP contribution is -2.29. The van der Waals surface area contributed by atoms with Crippen LogP contribution in [0.25, 0.3) is 23.0 Å². The molecular weight excluding hydrogens is 498 g/mol. The molecule has 192 valence electrons. The van der Waals surface area contributed by atoms with E-state index in [1.807, 2.05) is 71.6 Å². The predicted molar refractivity (Wildman–Crippen MR) is 158 cm³/mol. The number of para-hydroxylation sites is 1. The van der Waals surface area contributed by atoms with Crippen molar-refractivity contribution in [1.29, 1.82) is 0 Å². The van der Waals surface area contributed by atoms with Gasteiger partial charge in [-0.15, -0.1) is 0 Å². The van der Waals surface area contributed by atoms with Gasteiger partial charge in [0.05, 0.1) is 16.3 Å². The monoisotopic (exact) mass is 531 g/mol. The van der Waals surface area contributed by atoms with Crippen LogP contribution in [-0.2, 0) is 4.79 Å². The lowest BCUT2D eigenvalue weighted by atomic mass is 10.1. The third kappa shape index (κ3) is 6.99. The fourth-order valence-corrected chi connectivity index (χ4v) is 5.48. The van der Waals surface area contributed by atoms with E-state index in [-0.39, 0.29) is 5.91 Å². The molecule has 1 fully saturated rings. The van der Waals surface area contributed by atoms with Gasteiger partial charge in [-0.25, -0.2) is 4.68 Å². The molecule has 0 aliphatic carbocycles. The zero-order valence-electron chi connectivity index (χ0n) is 21.3. The summed E-state index contributed by atoms with van der Waals surface area (Å²) < 4.78 is 8.11. The summed E-state index contributed by atoms with van der Waals surface area (Å²) in [7, 11) is 0. The van der Waals surface area contributed by atoms with Crippen LogP contribution in [0.4, 0.5) is 0 Å². The number of hydrogen-bond donors (Lipinski definition) is 0. The fourth-order valence-electron chi connectivity index (χ4n) is 4.18. The maximum atomic E-state index is 13.3. The minimum atomic E-state index is -0.0184. The highest BCUT2D eigenvalue weighted by Crippen LogP contribution is 2.35. The van der Waals surface area contributed by atoms with Gasteiger partial charge in [-0.05, 0) is 48.9 Å². The second-order valence-electron chi connectivity index (χ2n) is 8.94. The first-order valence-corrected chi connectivity index (χ1v) is 14.1. The van der Waals surface area contributed by atoms with Crippen molar-refractivity contribution in [1.82, 2.24) is 14.7 Å². The Labute approximate surface area is 229 Å². The Hall–Kier alpha value is -3.16. The highest BCUT2D eigenvalue weighted by Gasteiger charge is 2.32. The van der Waals surface area contributed by atoms with E-state index < -0.39 is 0 Å². The van der Waals surface area contributed by atoms with Crippen molar-refractivity contribution in [3.05, 3.63) is 83.9 Å². The molecule has 4 rings (SSSR count). The number of thioether (sulfide) groups is 1. The molecule has 0 N–H and O–H groups in total. The summed E-state index contributed by atoms with van der Waals surface area (Å²) in [6.07, 6.45) is 12.7. The summed E-state index contributed by atoms with van der Waals surface area (Å²) >= 11 is 6.94. The van der Waals surface area contributed by atoms with E-state index in [1.165, 1.54) is 37.4 Å². The Morgan fingerprint density at radius 2 is 1.76 bits per heavy atom. The summed E-state index contributed by atoms with van der Waals surface area (Å²) in [5.41, 5.74) is 3.54. The molecular formula is C30H33N3O2S2. The third-order valence-corrected chi connectivity index (χ3v) is 7.53. The van der Waals surface area contributed by atoms with Crippen LogP contribution in [0.15, 0.2) is 78.4 Å². The van der Waals surface area contributed by atoms with Crippen LogP contribution in [0, 0.1) is 0 Å². The summed E-state index contributed by atoms with van der Waals surface area (Å²) in [6, 6.07) is 17.8. The lowest BCUT2D eigenvalue weighted by molar-refractivity contribution is -0.122. The summed E-state index contributed by atoms with van der Waals surface area (Å²) in [4.78, 5) is 15.6. The molecule has 1 aliphatic rings. The Morgan fingerprint density at radius 1 is 1.03 bits per heavy atom. The van der Waals surface area contributed by atoms with Gasteiger partial charge in [-0.2, -0.15) is 5.10 Å². The molecule has 1 aromatic heterocycles. The maximum absolute atomic E-state index is 13.3. The summed E-state index contributed by atoms with van der Waals surface area (Å²) in [6.45, 7) is 7.04. The zero-order valence-corrected chi connectivity index (χ0v) is 22.9. The van der Waals surface area contributed by atoms with Crippen molar-refractivity contribution in [3.63, 3.8) is 0 Å². The normalized spacial score (nSPS) is 14.5. The molecule has 5 nitrogen and oxygen atoms in total.